The summed E-state index contributed by atoms with van der Waals surface area (Å²) >= 11 is 15.4. The zero-order valence-electron chi connectivity index (χ0n) is 10.4. The van der Waals surface area contributed by atoms with E-state index in [1.54, 1.807) is 18.2 Å². The minimum atomic E-state index is -3.94. The molecule has 0 spiro atoms. The van der Waals surface area contributed by atoms with Gasteiger partial charge in [0.15, 0.2) is 0 Å². The quantitative estimate of drug-likeness (QED) is 0.530. The molecule has 0 heterocycles. The molecule has 0 radical (unpaired) electrons. The number of primary sulfonamides is 1. The maximum atomic E-state index is 11.6. The fourth-order valence-electron chi connectivity index (χ4n) is 1.65. The molecule has 0 aliphatic heterocycles. The molecule has 2 aromatic carbocycles. The third-order valence-electron chi connectivity index (χ3n) is 2.62. The van der Waals surface area contributed by atoms with Gasteiger partial charge in [-0.2, -0.15) is 0 Å². The lowest BCUT2D eigenvalue weighted by molar-refractivity contribution is 0.598. The normalized spacial score (nSPS) is 11.4. The van der Waals surface area contributed by atoms with Crippen molar-refractivity contribution in [1.82, 2.24) is 0 Å². The number of hydrogen-bond acceptors (Lipinski definition) is 4. The maximum Gasteiger partial charge on any atom is 0.240 e. The highest BCUT2D eigenvalue weighted by Gasteiger charge is 2.16. The van der Waals surface area contributed by atoms with Gasteiger partial charge in [-0.3, -0.25) is 0 Å². The van der Waals surface area contributed by atoms with Crippen LogP contribution in [-0.2, 0) is 10.0 Å². The second kappa shape index (κ2) is 6.02. The Morgan fingerprint density at radius 1 is 1.05 bits per heavy atom. The molecule has 2 aromatic rings. The maximum absolute atomic E-state index is 11.6. The number of benzene rings is 2. The van der Waals surface area contributed by atoms with E-state index in [2.05, 4.69) is 21.2 Å². The van der Waals surface area contributed by atoms with Crippen LogP contribution in [0.25, 0.3) is 0 Å². The Bertz CT molecular complexity index is 812. The Morgan fingerprint density at radius 2 is 1.67 bits per heavy atom. The van der Waals surface area contributed by atoms with Gasteiger partial charge in [0, 0.05) is 10.2 Å². The largest absolute Gasteiger partial charge is 0.399 e. The van der Waals surface area contributed by atoms with Crippen LogP contribution in [0.2, 0.25) is 10.0 Å². The van der Waals surface area contributed by atoms with Crippen molar-refractivity contribution < 1.29 is 8.42 Å². The van der Waals surface area contributed by atoms with Crippen molar-refractivity contribution in [3.8, 4) is 0 Å². The summed E-state index contributed by atoms with van der Waals surface area (Å²) in [5.41, 5.74) is 6.57. The van der Waals surface area contributed by atoms with E-state index < -0.39 is 10.0 Å². The standard InChI is InChI=1S/C12H10BrCl2N3O2S/c13-7-2-4-9(12(15)11(7)14)18-8-3-1-6(16)5-10(8)21(17,19)20/h1-5,18H,16H2,(H2,17,19,20). The highest BCUT2D eigenvalue weighted by molar-refractivity contribution is 9.10. The predicted octanol–water partition coefficient (Wildman–Crippen LogP) is 3.73. The molecule has 0 aliphatic carbocycles. The number of anilines is 3. The first kappa shape index (κ1) is 16.4. The van der Waals surface area contributed by atoms with Gasteiger partial charge in [0.1, 0.15) is 4.90 Å². The van der Waals surface area contributed by atoms with Crippen LogP contribution in [0.4, 0.5) is 17.1 Å². The number of hydrogen-bond donors (Lipinski definition) is 3. The average Bonchev–Trinajstić information content (AvgIpc) is 2.40. The Balaban J connectivity index is 2.53. The summed E-state index contributed by atoms with van der Waals surface area (Å²) in [6, 6.07) is 7.66. The van der Waals surface area contributed by atoms with Gasteiger partial charge in [-0.25, -0.2) is 13.6 Å². The molecule has 112 valence electrons. The predicted molar refractivity (Wildman–Crippen MR) is 89.7 cm³/mol. The van der Waals surface area contributed by atoms with Crippen molar-refractivity contribution in [3.05, 3.63) is 44.8 Å². The summed E-state index contributed by atoms with van der Waals surface area (Å²) in [7, 11) is -3.94. The molecule has 5 nitrogen and oxygen atoms in total. The summed E-state index contributed by atoms with van der Waals surface area (Å²) in [5.74, 6) is 0. The van der Waals surface area contributed by atoms with Gasteiger partial charge in [-0.1, -0.05) is 23.2 Å². The van der Waals surface area contributed by atoms with Gasteiger partial charge >= 0.3 is 0 Å². The van der Waals surface area contributed by atoms with E-state index >= 15 is 0 Å². The molecule has 0 atom stereocenters. The Hall–Kier alpha value is -0.990. The molecule has 0 aliphatic rings. The van der Waals surface area contributed by atoms with Crippen molar-refractivity contribution >= 4 is 66.2 Å². The Morgan fingerprint density at radius 3 is 2.29 bits per heavy atom. The van der Waals surface area contributed by atoms with E-state index in [9.17, 15) is 8.42 Å². The van der Waals surface area contributed by atoms with Crippen LogP contribution in [0.5, 0.6) is 0 Å². The molecule has 0 aromatic heterocycles. The zero-order chi connectivity index (χ0) is 15.8. The van der Waals surface area contributed by atoms with Crippen LogP contribution < -0.4 is 16.2 Å². The van der Waals surface area contributed by atoms with Crippen molar-refractivity contribution in [2.24, 2.45) is 5.14 Å². The van der Waals surface area contributed by atoms with E-state index in [0.717, 1.165) is 0 Å². The van der Waals surface area contributed by atoms with E-state index in [-0.39, 0.29) is 21.3 Å². The monoisotopic (exact) mass is 409 g/mol. The molecule has 21 heavy (non-hydrogen) atoms. The molecule has 0 fully saturated rings. The van der Waals surface area contributed by atoms with Gasteiger partial charge in [0.05, 0.1) is 21.4 Å². The molecule has 9 heteroatoms. The van der Waals surface area contributed by atoms with Crippen molar-refractivity contribution in [2.75, 3.05) is 11.1 Å². The third kappa shape index (κ3) is 3.61. The Labute approximate surface area is 140 Å². The van der Waals surface area contributed by atoms with Crippen LogP contribution in [0.3, 0.4) is 0 Å². The van der Waals surface area contributed by atoms with E-state index in [1.165, 1.54) is 12.1 Å². The lowest BCUT2D eigenvalue weighted by Crippen LogP contribution is -2.14. The van der Waals surface area contributed by atoms with Crippen molar-refractivity contribution in [3.63, 3.8) is 0 Å². The SMILES string of the molecule is Nc1ccc(Nc2ccc(Br)c(Cl)c2Cl)c(S(N)(=O)=O)c1. The molecular weight excluding hydrogens is 401 g/mol. The van der Waals surface area contributed by atoms with Gasteiger partial charge in [-0.05, 0) is 46.3 Å². The van der Waals surface area contributed by atoms with E-state index in [1.807, 2.05) is 0 Å². The highest BCUT2D eigenvalue weighted by atomic mass is 79.9. The second-order valence-corrected chi connectivity index (χ2v) is 7.29. The lowest BCUT2D eigenvalue weighted by atomic mass is 10.2. The van der Waals surface area contributed by atoms with Crippen molar-refractivity contribution in [1.29, 1.82) is 0 Å². The Kier molecular flexibility index (Phi) is 4.69. The lowest BCUT2D eigenvalue weighted by Gasteiger charge is -2.13. The molecule has 0 unspecified atom stereocenters. The van der Waals surface area contributed by atoms with Crippen LogP contribution in [0.1, 0.15) is 0 Å². The minimum absolute atomic E-state index is 0.127. The van der Waals surface area contributed by atoms with E-state index in [4.69, 9.17) is 34.1 Å². The first-order chi connectivity index (χ1) is 9.70. The number of nitrogens with one attached hydrogen (secondary N) is 1. The first-order valence-electron chi connectivity index (χ1n) is 5.53. The molecule has 2 rings (SSSR count). The van der Waals surface area contributed by atoms with Crippen LogP contribution in [-0.4, -0.2) is 8.42 Å². The average molecular weight is 411 g/mol. The molecule has 5 N–H and O–H groups in total. The summed E-state index contributed by atoms with van der Waals surface area (Å²) in [6.07, 6.45) is 0. The summed E-state index contributed by atoms with van der Waals surface area (Å²) in [5, 5.41) is 8.64. The molecule has 0 saturated carbocycles. The molecular formula is C12H10BrCl2N3O2S. The van der Waals surface area contributed by atoms with Crippen molar-refractivity contribution in [2.45, 2.75) is 4.90 Å². The highest BCUT2D eigenvalue weighted by Crippen LogP contribution is 2.38. The summed E-state index contributed by atoms with van der Waals surface area (Å²) < 4.78 is 23.9. The van der Waals surface area contributed by atoms with Gasteiger partial charge < -0.3 is 11.1 Å². The third-order valence-corrected chi connectivity index (χ3v) is 5.34. The summed E-state index contributed by atoms with van der Waals surface area (Å²) in [4.78, 5) is -0.127. The topological polar surface area (TPSA) is 98.2 Å². The minimum Gasteiger partial charge on any atom is -0.399 e. The number of nitrogens with two attached hydrogens (primary N) is 2. The van der Waals surface area contributed by atoms with Crippen LogP contribution in [0.15, 0.2) is 39.7 Å². The van der Waals surface area contributed by atoms with Crippen LogP contribution in [0, 0.1) is 0 Å². The fourth-order valence-corrected chi connectivity index (χ4v) is 3.19. The smallest absolute Gasteiger partial charge is 0.240 e. The van der Waals surface area contributed by atoms with Gasteiger partial charge in [0.25, 0.3) is 0 Å². The number of halogens is 3. The van der Waals surface area contributed by atoms with E-state index in [0.29, 0.717) is 15.2 Å². The second-order valence-electron chi connectivity index (χ2n) is 4.15. The van der Waals surface area contributed by atoms with Gasteiger partial charge in [0.2, 0.25) is 10.0 Å². The number of sulfonamides is 1. The van der Waals surface area contributed by atoms with Crippen LogP contribution >= 0.6 is 39.1 Å². The molecule has 0 saturated heterocycles. The molecule has 0 bridgehead atoms. The zero-order valence-corrected chi connectivity index (χ0v) is 14.3. The number of nitrogen functional groups attached to an aromatic ring is 1. The molecule has 0 amide bonds. The number of rotatable bonds is 3. The fraction of sp³-hybridized carbons (Fsp3) is 0. The first-order valence-corrected chi connectivity index (χ1v) is 8.62. The van der Waals surface area contributed by atoms with Gasteiger partial charge in [-0.15, -0.1) is 0 Å². The summed E-state index contributed by atoms with van der Waals surface area (Å²) in [6.45, 7) is 0.